The monoisotopic (exact) mass is 374 g/mol. The van der Waals surface area contributed by atoms with Crippen LogP contribution < -0.4 is 9.62 Å². The van der Waals surface area contributed by atoms with Crippen LogP contribution in [0.4, 0.5) is 5.69 Å². The fourth-order valence-corrected chi connectivity index (χ4v) is 3.65. The Morgan fingerprint density at radius 3 is 2.35 bits per heavy atom. The molecule has 140 valence electrons. The quantitative estimate of drug-likeness (QED) is 0.810. The number of carbonyl (C=O) groups is 1. The molecule has 2 aromatic rings. The van der Waals surface area contributed by atoms with E-state index in [4.69, 9.17) is 0 Å². The zero-order chi connectivity index (χ0) is 19.3. The van der Waals surface area contributed by atoms with Crippen LogP contribution in [0.3, 0.4) is 0 Å². The molecule has 0 saturated carbocycles. The molecule has 0 aliphatic heterocycles. The molecule has 1 atom stereocenters. The van der Waals surface area contributed by atoms with Crippen LogP contribution >= 0.6 is 0 Å². The second-order valence-corrected chi connectivity index (χ2v) is 8.51. The van der Waals surface area contributed by atoms with Gasteiger partial charge in [0.05, 0.1) is 11.9 Å². The lowest BCUT2D eigenvalue weighted by Gasteiger charge is -2.24. The number of aryl methyl sites for hydroxylation is 1. The van der Waals surface area contributed by atoms with Crippen molar-refractivity contribution < 1.29 is 13.2 Å². The van der Waals surface area contributed by atoms with Gasteiger partial charge in [0, 0.05) is 6.54 Å². The van der Waals surface area contributed by atoms with E-state index in [1.54, 1.807) is 12.1 Å². The molecular weight excluding hydrogens is 348 g/mol. The summed E-state index contributed by atoms with van der Waals surface area (Å²) in [5.41, 5.74) is 3.50. The van der Waals surface area contributed by atoms with Crippen LogP contribution in [0.2, 0.25) is 0 Å². The highest BCUT2D eigenvalue weighted by Crippen LogP contribution is 2.24. The molecular formula is C20H26N2O3S. The summed E-state index contributed by atoms with van der Waals surface area (Å²) >= 11 is 0. The van der Waals surface area contributed by atoms with Gasteiger partial charge in [0.15, 0.2) is 0 Å². The summed E-state index contributed by atoms with van der Waals surface area (Å²) in [6, 6.07) is 15.3. The molecule has 0 heterocycles. The molecule has 2 aromatic carbocycles. The van der Waals surface area contributed by atoms with Crippen LogP contribution in [0, 0.1) is 13.8 Å². The molecule has 0 fully saturated rings. The summed E-state index contributed by atoms with van der Waals surface area (Å²) in [5, 5.41) is 2.84. The number of sulfonamides is 1. The standard InChI is InChI=1S/C20H26N2O3S/c1-15-9-8-12-19(17(15)3)22(26(4,24)25)14-20(23)21-13-16(2)18-10-6-5-7-11-18/h5-12,16H,13-14H2,1-4H3,(H,21,23)/t16-/m0/s1. The molecule has 5 nitrogen and oxygen atoms in total. The third-order valence-corrected chi connectivity index (χ3v) is 5.63. The van der Waals surface area contributed by atoms with Crippen molar-refractivity contribution in [1.82, 2.24) is 5.32 Å². The van der Waals surface area contributed by atoms with E-state index in [9.17, 15) is 13.2 Å². The van der Waals surface area contributed by atoms with Crippen molar-refractivity contribution >= 4 is 21.6 Å². The lowest BCUT2D eigenvalue weighted by atomic mass is 10.0. The Labute approximate surface area is 156 Å². The largest absolute Gasteiger partial charge is 0.354 e. The van der Waals surface area contributed by atoms with E-state index >= 15 is 0 Å². The van der Waals surface area contributed by atoms with E-state index in [0.29, 0.717) is 12.2 Å². The number of nitrogens with zero attached hydrogens (tertiary/aromatic N) is 1. The van der Waals surface area contributed by atoms with Crippen molar-refractivity contribution in [1.29, 1.82) is 0 Å². The number of rotatable bonds is 7. The SMILES string of the molecule is Cc1cccc(N(CC(=O)NC[C@H](C)c2ccccc2)S(C)(=O)=O)c1C. The van der Waals surface area contributed by atoms with Gasteiger partial charge in [-0.2, -0.15) is 0 Å². The third kappa shape index (κ3) is 5.08. The van der Waals surface area contributed by atoms with Crippen LogP contribution in [0.25, 0.3) is 0 Å². The first kappa shape index (κ1) is 20.0. The number of nitrogens with one attached hydrogen (secondary N) is 1. The lowest BCUT2D eigenvalue weighted by Crippen LogP contribution is -2.41. The van der Waals surface area contributed by atoms with Crippen LogP contribution in [-0.2, 0) is 14.8 Å². The minimum Gasteiger partial charge on any atom is -0.354 e. The smallest absolute Gasteiger partial charge is 0.240 e. The minimum absolute atomic E-state index is 0.146. The number of benzene rings is 2. The van der Waals surface area contributed by atoms with Gasteiger partial charge in [-0.25, -0.2) is 8.42 Å². The maximum absolute atomic E-state index is 12.4. The Hall–Kier alpha value is -2.34. The first-order valence-electron chi connectivity index (χ1n) is 8.55. The van der Waals surface area contributed by atoms with E-state index in [1.165, 1.54) is 0 Å². The summed E-state index contributed by atoms with van der Waals surface area (Å²) < 4.78 is 25.6. The lowest BCUT2D eigenvalue weighted by molar-refractivity contribution is -0.119. The van der Waals surface area contributed by atoms with Gasteiger partial charge in [-0.3, -0.25) is 9.10 Å². The second-order valence-electron chi connectivity index (χ2n) is 6.60. The van der Waals surface area contributed by atoms with E-state index in [2.05, 4.69) is 5.32 Å². The molecule has 0 aliphatic carbocycles. The van der Waals surface area contributed by atoms with Gasteiger partial charge >= 0.3 is 0 Å². The Kier molecular flexibility index (Phi) is 6.42. The summed E-state index contributed by atoms with van der Waals surface area (Å²) in [4.78, 5) is 12.4. The van der Waals surface area contributed by atoms with Crippen molar-refractivity contribution in [3.63, 3.8) is 0 Å². The van der Waals surface area contributed by atoms with Gasteiger partial charge in [-0.1, -0.05) is 49.4 Å². The van der Waals surface area contributed by atoms with Crippen molar-refractivity contribution in [3.05, 3.63) is 65.2 Å². The highest BCUT2D eigenvalue weighted by Gasteiger charge is 2.23. The van der Waals surface area contributed by atoms with Crippen LogP contribution in [0.1, 0.15) is 29.5 Å². The van der Waals surface area contributed by atoms with Gasteiger partial charge in [0.2, 0.25) is 15.9 Å². The number of hydrogen-bond donors (Lipinski definition) is 1. The van der Waals surface area contributed by atoms with Gasteiger partial charge < -0.3 is 5.32 Å². The van der Waals surface area contributed by atoms with Crippen LogP contribution in [-0.4, -0.2) is 33.7 Å². The molecule has 0 spiro atoms. The van der Waals surface area contributed by atoms with Crippen LogP contribution in [0.5, 0.6) is 0 Å². The molecule has 6 heteroatoms. The van der Waals surface area contributed by atoms with E-state index in [0.717, 1.165) is 27.3 Å². The fourth-order valence-electron chi connectivity index (χ4n) is 2.74. The first-order valence-corrected chi connectivity index (χ1v) is 10.4. The highest BCUT2D eigenvalue weighted by molar-refractivity contribution is 7.92. The van der Waals surface area contributed by atoms with E-state index < -0.39 is 10.0 Å². The van der Waals surface area contributed by atoms with E-state index in [-0.39, 0.29) is 18.4 Å². The number of carbonyl (C=O) groups excluding carboxylic acids is 1. The highest BCUT2D eigenvalue weighted by atomic mass is 32.2. The normalized spacial score (nSPS) is 12.5. The maximum Gasteiger partial charge on any atom is 0.240 e. The molecule has 2 rings (SSSR count). The van der Waals surface area contributed by atoms with Gasteiger partial charge in [0.25, 0.3) is 0 Å². The zero-order valence-corrected chi connectivity index (χ0v) is 16.5. The molecule has 0 bridgehead atoms. The Morgan fingerprint density at radius 2 is 1.73 bits per heavy atom. The van der Waals surface area contributed by atoms with Gasteiger partial charge in [-0.05, 0) is 42.5 Å². The first-order chi connectivity index (χ1) is 12.2. The average molecular weight is 375 g/mol. The minimum atomic E-state index is -3.57. The van der Waals surface area contributed by atoms with E-state index in [1.807, 2.05) is 57.2 Å². The van der Waals surface area contributed by atoms with Gasteiger partial charge in [-0.15, -0.1) is 0 Å². The molecule has 0 saturated heterocycles. The Bertz CT molecular complexity index is 864. The third-order valence-electron chi connectivity index (χ3n) is 4.51. The topological polar surface area (TPSA) is 66.5 Å². The second kappa shape index (κ2) is 8.36. The number of anilines is 1. The summed E-state index contributed by atoms with van der Waals surface area (Å²) in [6.07, 6.45) is 1.12. The average Bonchev–Trinajstić information content (AvgIpc) is 2.60. The van der Waals surface area contributed by atoms with Crippen LogP contribution in [0.15, 0.2) is 48.5 Å². The molecule has 1 N–H and O–H groups in total. The predicted molar refractivity (Wildman–Crippen MR) is 106 cm³/mol. The fraction of sp³-hybridized carbons (Fsp3) is 0.350. The van der Waals surface area contributed by atoms with Gasteiger partial charge in [0.1, 0.15) is 6.54 Å². The molecule has 26 heavy (non-hydrogen) atoms. The maximum atomic E-state index is 12.4. The van der Waals surface area contributed by atoms with Crippen molar-refractivity contribution in [2.24, 2.45) is 0 Å². The van der Waals surface area contributed by atoms with Crippen molar-refractivity contribution in [3.8, 4) is 0 Å². The number of hydrogen-bond acceptors (Lipinski definition) is 3. The Balaban J connectivity index is 2.09. The predicted octanol–water partition coefficient (Wildman–Crippen LogP) is 2.99. The summed E-state index contributed by atoms with van der Waals surface area (Å²) in [7, 11) is -3.57. The van der Waals surface area contributed by atoms with Crippen molar-refractivity contribution in [2.45, 2.75) is 26.7 Å². The molecule has 0 radical (unpaired) electrons. The zero-order valence-electron chi connectivity index (χ0n) is 15.7. The number of amides is 1. The molecule has 0 aliphatic rings. The molecule has 0 unspecified atom stereocenters. The molecule has 1 amide bonds. The van der Waals surface area contributed by atoms with Crippen molar-refractivity contribution in [2.75, 3.05) is 23.7 Å². The Morgan fingerprint density at radius 1 is 1.08 bits per heavy atom. The molecule has 0 aromatic heterocycles. The summed E-state index contributed by atoms with van der Waals surface area (Å²) in [6.45, 7) is 6.02. The summed E-state index contributed by atoms with van der Waals surface area (Å²) in [5.74, 6) is -0.174.